The first-order valence-electron chi connectivity index (χ1n) is 6.13. The highest BCUT2D eigenvalue weighted by molar-refractivity contribution is 5.75. The molecule has 2 N–H and O–H groups in total. The van der Waals surface area contributed by atoms with Gasteiger partial charge in [-0.05, 0) is 19.4 Å². The van der Waals surface area contributed by atoms with Gasteiger partial charge in [0.15, 0.2) is 0 Å². The first-order chi connectivity index (χ1) is 7.83. The average molecular weight is 225 g/mol. The van der Waals surface area contributed by atoms with Gasteiger partial charge in [-0.2, -0.15) is 0 Å². The van der Waals surface area contributed by atoms with E-state index in [-0.39, 0.29) is 5.91 Å². The van der Waals surface area contributed by atoms with E-state index in [0.717, 1.165) is 52.1 Å². The molecule has 0 atom stereocenters. The van der Waals surface area contributed by atoms with Crippen molar-refractivity contribution in [3.8, 4) is 0 Å². The van der Waals surface area contributed by atoms with Gasteiger partial charge in [-0.25, -0.2) is 0 Å². The Morgan fingerprint density at radius 3 is 2.88 bits per heavy atom. The number of carbonyl (C=O) groups is 1. The van der Waals surface area contributed by atoms with Crippen molar-refractivity contribution in [1.29, 1.82) is 0 Å². The Morgan fingerprint density at radius 2 is 2.19 bits per heavy atom. The number of hydrogen-bond donors (Lipinski definition) is 2. The van der Waals surface area contributed by atoms with Crippen LogP contribution < -0.4 is 10.6 Å². The van der Waals surface area contributed by atoms with Crippen molar-refractivity contribution in [2.75, 3.05) is 39.3 Å². The molecule has 16 heavy (non-hydrogen) atoms. The van der Waals surface area contributed by atoms with Gasteiger partial charge in [0, 0.05) is 39.1 Å². The van der Waals surface area contributed by atoms with Crippen LogP contribution in [0, 0.1) is 0 Å². The molecule has 1 aliphatic heterocycles. The van der Waals surface area contributed by atoms with Crippen molar-refractivity contribution < 1.29 is 4.79 Å². The monoisotopic (exact) mass is 225 g/mol. The summed E-state index contributed by atoms with van der Waals surface area (Å²) in [4.78, 5) is 13.7. The molecule has 0 saturated carbocycles. The van der Waals surface area contributed by atoms with Crippen LogP contribution >= 0.6 is 0 Å². The third-order valence-electron chi connectivity index (χ3n) is 2.76. The average Bonchev–Trinajstić information content (AvgIpc) is 2.33. The van der Waals surface area contributed by atoms with E-state index in [1.165, 1.54) is 0 Å². The van der Waals surface area contributed by atoms with Crippen LogP contribution in [0.15, 0.2) is 12.7 Å². The van der Waals surface area contributed by atoms with E-state index in [0.29, 0.717) is 6.42 Å². The van der Waals surface area contributed by atoms with Crippen LogP contribution in [-0.2, 0) is 4.79 Å². The summed E-state index contributed by atoms with van der Waals surface area (Å²) in [6.45, 7) is 9.91. The Kier molecular flexibility index (Phi) is 6.85. The maximum Gasteiger partial charge on any atom is 0.220 e. The van der Waals surface area contributed by atoms with Crippen LogP contribution in [0.25, 0.3) is 0 Å². The van der Waals surface area contributed by atoms with Gasteiger partial charge in [0.05, 0.1) is 0 Å². The van der Waals surface area contributed by atoms with Crippen LogP contribution in [0.3, 0.4) is 0 Å². The summed E-state index contributed by atoms with van der Waals surface area (Å²) in [6, 6.07) is 0. The van der Waals surface area contributed by atoms with Crippen molar-refractivity contribution in [3.63, 3.8) is 0 Å². The highest BCUT2D eigenvalue weighted by atomic mass is 16.1. The van der Waals surface area contributed by atoms with Gasteiger partial charge in [0.2, 0.25) is 5.91 Å². The largest absolute Gasteiger partial charge is 0.356 e. The molecule has 0 radical (unpaired) electrons. The molecule has 1 saturated heterocycles. The maximum atomic E-state index is 11.3. The van der Waals surface area contributed by atoms with Crippen LogP contribution in [0.2, 0.25) is 0 Å². The molecule has 4 heteroatoms. The maximum absolute atomic E-state index is 11.3. The minimum absolute atomic E-state index is 0.139. The lowest BCUT2D eigenvalue weighted by atomic mass is 10.3. The fraction of sp³-hybridized carbons (Fsp3) is 0.750. The standard InChI is InChI=1S/C12H23N3O/c1-2-3-5-12(16)14-6-4-9-15-10-7-13-8-11-15/h2,13H,1,3-11H2,(H,14,16). The lowest BCUT2D eigenvalue weighted by molar-refractivity contribution is -0.121. The molecule has 1 aliphatic rings. The zero-order chi connectivity index (χ0) is 11.6. The molecule has 0 aromatic rings. The van der Waals surface area contributed by atoms with Gasteiger partial charge in [0.25, 0.3) is 0 Å². The smallest absolute Gasteiger partial charge is 0.220 e. The SMILES string of the molecule is C=CCCC(=O)NCCCN1CCNCC1. The number of nitrogens with one attached hydrogen (secondary N) is 2. The molecule has 1 rings (SSSR count). The Hall–Kier alpha value is -0.870. The number of nitrogens with zero attached hydrogens (tertiary/aromatic N) is 1. The zero-order valence-electron chi connectivity index (χ0n) is 10.0. The van der Waals surface area contributed by atoms with E-state index < -0.39 is 0 Å². The van der Waals surface area contributed by atoms with Gasteiger partial charge >= 0.3 is 0 Å². The summed E-state index contributed by atoms with van der Waals surface area (Å²) in [5, 5.41) is 6.25. The minimum atomic E-state index is 0.139. The van der Waals surface area contributed by atoms with Crippen LogP contribution in [-0.4, -0.2) is 50.1 Å². The summed E-state index contributed by atoms with van der Waals surface area (Å²) < 4.78 is 0. The summed E-state index contributed by atoms with van der Waals surface area (Å²) in [7, 11) is 0. The van der Waals surface area contributed by atoms with Crippen molar-refractivity contribution in [1.82, 2.24) is 15.5 Å². The number of piperazine rings is 1. The van der Waals surface area contributed by atoms with E-state index in [4.69, 9.17) is 0 Å². The van der Waals surface area contributed by atoms with Gasteiger partial charge in [0.1, 0.15) is 0 Å². The van der Waals surface area contributed by atoms with E-state index in [1.807, 2.05) is 0 Å². The van der Waals surface area contributed by atoms with Gasteiger partial charge < -0.3 is 15.5 Å². The van der Waals surface area contributed by atoms with E-state index in [1.54, 1.807) is 6.08 Å². The van der Waals surface area contributed by atoms with Crippen LogP contribution in [0.1, 0.15) is 19.3 Å². The normalized spacial score (nSPS) is 17.0. The molecule has 4 nitrogen and oxygen atoms in total. The third-order valence-corrected chi connectivity index (χ3v) is 2.76. The molecule has 1 fully saturated rings. The molecule has 92 valence electrons. The molecule has 0 spiro atoms. The quantitative estimate of drug-likeness (QED) is 0.486. The molecule has 0 aliphatic carbocycles. The van der Waals surface area contributed by atoms with Crippen molar-refractivity contribution in [3.05, 3.63) is 12.7 Å². The lowest BCUT2D eigenvalue weighted by Crippen LogP contribution is -2.44. The fourth-order valence-electron chi connectivity index (χ4n) is 1.79. The molecule has 1 heterocycles. The van der Waals surface area contributed by atoms with Gasteiger partial charge in [-0.1, -0.05) is 6.08 Å². The summed E-state index contributed by atoms with van der Waals surface area (Å²) in [6.07, 6.45) is 4.15. The van der Waals surface area contributed by atoms with E-state index in [2.05, 4.69) is 22.1 Å². The summed E-state index contributed by atoms with van der Waals surface area (Å²) in [5.41, 5.74) is 0. The number of rotatable bonds is 7. The molecule has 0 aromatic heterocycles. The predicted octanol–water partition coefficient (Wildman–Crippen LogP) is 0.364. The number of hydrogen-bond acceptors (Lipinski definition) is 3. The van der Waals surface area contributed by atoms with Crippen molar-refractivity contribution in [2.45, 2.75) is 19.3 Å². The predicted molar refractivity (Wildman–Crippen MR) is 66.4 cm³/mol. The van der Waals surface area contributed by atoms with Gasteiger partial charge in [-0.3, -0.25) is 4.79 Å². The zero-order valence-corrected chi connectivity index (χ0v) is 10.0. The Balaban J connectivity index is 1.94. The highest BCUT2D eigenvalue weighted by Gasteiger charge is 2.08. The minimum Gasteiger partial charge on any atom is -0.356 e. The molecule has 0 bridgehead atoms. The van der Waals surface area contributed by atoms with E-state index >= 15 is 0 Å². The molecule has 0 aromatic carbocycles. The second-order valence-electron chi connectivity index (χ2n) is 4.12. The van der Waals surface area contributed by atoms with E-state index in [9.17, 15) is 4.79 Å². The Bertz CT molecular complexity index is 212. The Morgan fingerprint density at radius 1 is 1.44 bits per heavy atom. The van der Waals surface area contributed by atoms with Crippen LogP contribution in [0.5, 0.6) is 0 Å². The van der Waals surface area contributed by atoms with Crippen molar-refractivity contribution >= 4 is 5.91 Å². The number of allylic oxidation sites excluding steroid dienone is 1. The molecule has 0 unspecified atom stereocenters. The van der Waals surface area contributed by atoms with Gasteiger partial charge in [-0.15, -0.1) is 6.58 Å². The first-order valence-corrected chi connectivity index (χ1v) is 6.13. The summed E-state index contributed by atoms with van der Waals surface area (Å²) in [5.74, 6) is 0.139. The molecule has 1 amide bonds. The third kappa shape index (κ3) is 5.88. The number of carbonyl (C=O) groups excluding carboxylic acids is 1. The number of amides is 1. The molecular formula is C12H23N3O. The fourth-order valence-corrected chi connectivity index (χ4v) is 1.79. The Labute approximate surface area is 98.1 Å². The van der Waals surface area contributed by atoms with Crippen molar-refractivity contribution in [2.24, 2.45) is 0 Å². The first kappa shape index (κ1) is 13.2. The highest BCUT2D eigenvalue weighted by Crippen LogP contribution is 1.94. The topological polar surface area (TPSA) is 44.4 Å². The second-order valence-corrected chi connectivity index (χ2v) is 4.12. The second kappa shape index (κ2) is 8.30. The lowest BCUT2D eigenvalue weighted by Gasteiger charge is -2.27. The molecular weight excluding hydrogens is 202 g/mol. The summed E-state index contributed by atoms with van der Waals surface area (Å²) >= 11 is 0. The van der Waals surface area contributed by atoms with Crippen LogP contribution in [0.4, 0.5) is 0 Å².